The molecule has 6 heteroatoms. The van der Waals surface area contributed by atoms with Crippen molar-refractivity contribution in [1.29, 1.82) is 0 Å². The zero-order chi connectivity index (χ0) is 18.9. The second-order valence-electron chi connectivity index (χ2n) is 8.17. The van der Waals surface area contributed by atoms with Gasteiger partial charge >= 0.3 is 0 Å². The maximum Gasteiger partial charge on any atom is 0.238 e. The lowest BCUT2D eigenvalue weighted by molar-refractivity contribution is -0.121. The van der Waals surface area contributed by atoms with E-state index in [0.717, 1.165) is 38.0 Å². The fraction of sp³-hybridized carbons (Fsp3) is 0.619. The van der Waals surface area contributed by atoms with Gasteiger partial charge in [-0.05, 0) is 31.4 Å². The van der Waals surface area contributed by atoms with Crippen molar-refractivity contribution >= 4 is 17.5 Å². The van der Waals surface area contributed by atoms with Crippen LogP contribution in [0.3, 0.4) is 0 Å². The van der Waals surface area contributed by atoms with Crippen LogP contribution < -0.4 is 10.6 Å². The number of anilines is 1. The molecule has 27 heavy (non-hydrogen) atoms. The van der Waals surface area contributed by atoms with Gasteiger partial charge in [0.25, 0.3) is 0 Å². The molecule has 4 atom stereocenters. The highest BCUT2D eigenvalue weighted by Gasteiger charge is 2.62. The van der Waals surface area contributed by atoms with Gasteiger partial charge in [-0.1, -0.05) is 25.1 Å². The summed E-state index contributed by atoms with van der Waals surface area (Å²) in [5.41, 5.74) is 0.714. The molecule has 146 valence electrons. The Kier molecular flexibility index (Phi) is 5.19. The van der Waals surface area contributed by atoms with Crippen molar-refractivity contribution in [1.82, 2.24) is 10.2 Å². The molecule has 6 nitrogen and oxygen atoms in total. The van der Waals surface area contributed by atoms with Crippen LogP contribution in [0, 0.1) is 11.8 Å². The topological polar surface area (TPSA) is 70.7 Å². The molecule has 3 fully saturated rings. The van der Waals surface area contributed by atoms with E-state index in [1.807, 2.05) is 37.3 Å². The van der Waals surface area contributed by atoms with E-state index in [-0.39, 0.29) is 23.5 Å². The van der Waals surface area contributed by atoms with Crippen LogP contribution in [-0.2, 0) is 14.3 Å². The first kappa shape index (κ1) is 18.4. The predicted octanol–water partition coefficient (Wildman–Crippen LogP) is 2.02. The lowest BCUT2D eigenvalue weighted by Crippen LogP contribution is -2.41. The Morgan fingerprint density at radius 3 is 2.85 bits per heavy atom. The summed E-state index contributed by atoms with van der Waals surface area (Å²) in [4.78, 5) is 26.5. The Bertz CT molecular complexity index is 695. The van der Waals surface area contributed by atoms with Crippen molar-refractivity contribution in [2.24, 2.45) is 11.8 Å². The molecule has 0 radical (unpaired) electrons. The number of benzene rings is 1. The summed E-state index contributed by atoms with van der Waals surface area (Å²) >= 11 is 0. The van der Waals surface area contributed by atoms with Gasteiger partial charge in [0.05, 0.1) is 18.2 Å². The third-order valence-electron chi connectivity index (χ3n) is 6.29. The molecule has 4 rings (SSSR count). The first-order valence-electron chi connectivity index (χ1n) is 10.1. The molecule has 0 aromatic heterocycles. The lowest BCUT2D eigenvalue weighted by Gasteiger charge is -2.29. The first-order valence-corrected chi connectivity index (χ1v) is 10.1. The number of carbonyl (C=O) groups is 2. The number of ether oxygens (including phenoxy) is 1. The summed E-state index contributed by atoms with van der Waals surface area (Å²) in [5, 5.41) is 6.05. The molecule has 2 N–H and O–H groups in total. The van der Waals surface area contributed by atoms with Crippen LogP contribution >= 0.6 is 0 Å². The van der Waals surface area contributed by atoms with Gasteiger partial charge in [-0.15, -0.1) is 0 Å². The van der Waals surface area contributed by atoms with Crippen LogP contribution in [0.5, 0.6) is 0 Å². The number of amides is 2. The molecule has 1 spiro atoms. The smallest absolute Gasteiger partial charge is 0.238 e. The monoisotopic (exact) mass is 371 g/mol. The molecule has 0 saturated carbocycles. The molecule has 3 saturated heterocycles. The van der Waals surface area contributed by atoms with E-state index < -0.39 is 0 Å². The Hall–Kier alpha value is -1.92. The minimum absolute atomic E-state index is 0.0138. The number of nitrogens with one attached hydrogen (secondary N) is 2. The van der Waals surface area contributed by atoms with Gasteiger partial charge in [0.1, 0.15) is 0 Å². The molecular formula is C21H29N3O3. The predicted molar refractivity (Wildman–Crippen MR) is 103 cm³/mol. The Morgan fingerprint density at radius 1 is 1.26 bits per heavy atom. The average molecular weight is 371 g/mol. The largest absolute Gasteiger partial charge is 0.370 e. The van der Waals surface area contributed by atoms with Crippen molar-refractivity contribution in [2.75, 3.05) is 31.5 Å². The van der Waals surface area contributed by atoms with Crippen LogP contribution in [0.25, 0.3) is 0 Å². The van der Waals surface area contributed by atoms with E-state index in [0.29, 0.717) is 31.3 Å². The average Bonchev–Trinajstić information content (AvgIpc) is 3.28. The summed E-state index contributed by atoms with van der Waals surface area (Å²) in [6.45, 7) is 4.78. The minimum Gasteiger partial charge on any atom is -0.370 e. The Morgan fingerprint density at radius 2 is 2.07 bits per heavy atom. The maximum absolute atomic E-state index is 12.4. The van der Waals surface area contributed by atoms with Crippen LogP contribution in [0.15, 0.2) is 30.3 Å². The molecule has 3 aliphatic rings. The normalized spacial score (nSPS) is 31.7. The Labute approximate surface area is 160 Å². The van der Waals surface area contributed by atoms with Crippen LogP contribution in [0.2, 0.25) is 0 Å². The molecule has 0 unspecified atom stereocenters. The summed E-state index contributed by atoms with van der Waals surface area (Å²) < 4.78 is 6.39. The first-order chi connectivity index (χ1) is 13.1. The number of likely N-dealkylation sites (tertiary alicyclic amines) is 1. The van der Waals surface area contributed by atoms with Gasteiger partial charge < -0.3 is 15.4 Å². The number of hydrogen-bond acceptors (Lipinski definition) is 4. The minimum atomic E-state index is -0.113. The fourth-order valence-corrected chi connectivity index (χ4v) is 5.15. The van der Waals surface area contributed by atoms with Crippen LogP contribution in [0.4, 0.5) is 5.69 Å². The van der Waals surface area contributed by atoms with Gasteiger partial charge in [0, 0.05) is 43.6 Å². The van der Waals surface area contributed by atoms with Gasteiger partial charge in [-0.2, -0.15) is 0 Å². The van der Waals surface area contributed by atoms with E-state index in [4.69, 9.17) is 4.74 Å². The quantitative estimate of drug-likeness (QED) is 0.769. The fourth-order valence-electron chi connectivity index (χ4n) is 5.15. The highest BCUT2D eigenvalue weighted by Crippen LogP contribution is 2.54. The zero-order valence-corrected chi connectivity index (χ0v) is 15.9. The van der Waals surface area contributed by atoms with E-state index in [1.165, 1.54) is 0 Å². The van der Waals surface area contributed by atoms with Gasteiger partial charge in [-0.25, -0.2) is 0 Å². The molecule has 1 aromatic carbocycles. The molecule has 3 heterocycles. The van der Waals surface area contributed by atoms with Gasteiger partial charge in [-0.3, -0.25) is 14.5 Å². The number of nitrogens with zero attached hydrogens (tertiary/aromatic N) is 1. The SMILES string of the molecule is CCCC(=O)NC[C@H]1[C@H]2CN(CC(=O)Nc3ccccc3)C[C@]23CC[C@H]1O3. The number of para-hydroxylation sites is 1. The molecular weight excluding hydrogens is 342 g/mol. The molecule has 3 aliphatic heterocycles. The van der Waals surface area contributed by atoms with Crippen molar-refractivity contribution < 1.29 is 14.3 Å². The zero-order valence-electron chi connectivity index (χ0n) is 15.9. The summed E-state index contributed by atoms with van der Waals surface area (Å²) in [7, 11) is 0. The highest BCUT2D eigenvalue weighted by molar-refractivity contribution is 5.92. The van der Waals surface area contributed by atoms with Crippen molar-refractivity contribution in [2.45, 2.75) is 44.3 Å². The van der Waals surface area contributed by atoms with Crippen molar-refractivity contribution in [3.63, 3.8) is 0 Å². The summed E-state index contributed by atoms with van der Waals surface area (Å²) in [5.74, 6) is 0.913. The van der Waals surface area contributed by atoms with E-state index >= 15 is 0 Å². The van der Waals surface area contributed by atoms with Crippen molar-refractivity contribution in [3.05, 3.63) is 30.3 Å². The second kappa shape index (κ2) is 7.60. The summed E-state index contributed by atoms with van der Waals surface area (Å²) in [6.07, 6.45) is 3.85. The van der Waals surface area contributed by atoms with Crippen molar-refractivity contribution in [3.8, 4) is 0 Å². The molecule has 2 bridgehead atoms. The number of rotatable bonds is 7. The van der Waals surface area contributed by atoms with E-state index in [2.05, 4.69) is 15.5 Å². The highest BCUT2D eigenvalue weighted by atomic mass is 16.5. The summed E-state index contributed by atoms with van der Waals surface area (Å²) in [6, 6.07) is 9.56. The van der Waals surface area contributed by atoms with Crippen LogP contribution in [-0.4, -0.2) is 54.6 Å². The van der Waals surface area contributed by atoms with Gasteiger partial charge in [0.2, 0.25) is 11.8 Å². The number of hydrogen-bond donors (Lipinski definition) is 2. The van der Waals surface area contributed by atoms with E-state index in [1.54, 1.807) is 0 Å². The lowest BCUT2D eigenvalue weighted by atomic mass is 9.73. The number of carbonyl (C=O) groups excluding carboxylic acids is 2. The maximum atomic E-state index is 12.4. The third-order valence-corrected chi connectivity index (χ3v) is 6.29. The second-order valence-corrected chi connectivity index (χ2v) is 8.17. The number of fused-ring (bicyclic) bond motifs is 1. The molecule has 2 amide bonds. The third kappa shape index (κ3) is 3.73. The van der Waals surface area contributed by atoms with E-state index in [9.17, 15) is 9.59 Å². The molecule has 1 aromatic rings. The standard InChI is InChI=1S/C21H29N3O3/c1-2-6-19(25)22-11-16-17-12-24(14-21(17)10-9-18(16)27-21)13-20(26)23-15-7-4-3-5-8-15/h3-5,7-8,16-18H,2,6,9-14H2,1H3,(H,22,25)(H,23,26)/t16-,17+,18+,21+/m0/s1. The van der Waals surface area contributed by atoms with Crippen LogP contribution in [0.1, 0.15) is 32.6 Å². The molecule has 0 aliphatic carbocycles. The van der Waals surface area contributed by atoms with Gasteiger partial charge in [0.15, 0.2) is 0 Å². The Balaban J connectivity index is 1.34.